The number of ether oxygens (including phenoxy) is 1. The molecule has 4 heteroatoms. The van der Waals surface area contributed by atoms with Crippen molar-refractivity contribution in [3.05, 3.63) is 0 Å². The molecule has 76 valence electrons. The number of carbonyl (C=O) groups excluding carboxylic acids is 1. The average molecular weight is 187 g/mol. The maximum atomic E-state index is 11.8. The van der Waals surface area contributed by atoms with Gasteiger partial charge in [0.25, 0.3) is 0 Å². The van der Waals surface area contributed by atoms with E-state index in [1.165, 1.54) is 0 Å². The van der Waals surface area contributed by atoms with Crippen LogP contribution in [0, 0.1) is 5.41 Å². The van der Waals surface area contributed by atoms with Gasteiger partial charge in [-0.1, -0.05) is 0 Å². The maximum absolute atomic E-state index is 11.8. The van der Waals surface area contributed by atoms with Crippen molar-refractivity contribution in [3.8, 4) is 0 Å². The third kappa shape index (κ3) is 1.69. The van der Waals surface area contributed by atoms with E-state index in [-0.39, 0.29) is 12.5 Å². The molecule has 4 nitrogen and oxygen atoms in total. The van der Waals surface area contributed by atoms with Crippen LogP contribution in [0.5, 0.6) is 0 Å². The zero-order valence-electron chi connectivity index (χ0n) is 8.25. The summed E-state index contributed by atoms with van der Waals surface area (Å²) in [7, 11) is 0. The SMILES string of the molecule is CCN(CC)C(=O)C1(CO)COC1. The topological polar surface area (TPSA) is 49.8 Å². The van der Waals surface area contributed by atoms with Crippen molar-refractivity contribution in [2.45, 2.75) is 13.8 Å². The molecule has 0 aromatic rings. The van der Waals surface area contributed by atoms with Gasteiger partial charge < -0.3 is 14.7 Å². The molecular formula is C9H17NO3. The summed E-state index contributed by atoms with van der Waals surface area (Å²) in [5, 5.41) is 9.12. The van der Waals surface area contributed by atoms with Crippen LogP contribution in [0.25, 0.3) is 0 Å². The smallest absolute Gasteiger partial charge is 0.235 e. The van der Waals surface area contributed by atoms with Crippen LogP contribution < -0.4 is 0 Å². The largest absolute Gasteiger partial charge is 0.395 e. The van der Waals surface area contributed by atoms with E-state index in [1.807, 2.05) is 13.8 Å². The molecule has 1 saturated heterocycles. The van der Waals surface area contributed by atoms with E-state index in [1.54, 1.807) is 4.90 Å². The lowest BCUT2D eigenvalue weighted by atomic mass is 9.85. The van der Waals surface area contributed by atoms with Gasteiger partial charge in [-0.05, 0) is 13.8 Å². The van der Waals surface area contributed by atoms with Gasteiger partial charge in [-0.2, -0.15) is 0 Å². The minimum atomic E-state index is -0.633. The van der Waals surface area contributed by atoms with Crippen LogP contribution in [0.2, 0.25) is 0 Å². The van der Waals surface area contributed by atoms with Crippen molar-refractivity contribution in [1.82, 2.24) is 4.90 Å². The molecule has 1 heterocycles. The molecule has 0 saturated carbocycles. The molecular weight excluding hydrogens is 170 g/mol. The van der Waals surface area contributed by atoms with Gasteiger partial charge in [-0.3, -0.25) is 4.79 Å². The maximum Gasteiger partial charge on any atom is 0.235 e. The molecule has 0 bridgehead atoms. The Kier molecular flexibility index (Phi) is 3.27. The number of aliphatic hydroxyl groups excluding tert-OH is 1. The molecule has 1 aliphatic rings. The zero-order chi connectivity index (χ0) is 9.90. The van der Waals surface area contributed by atoms with E-state index in [0.29, 0.717) is 26.3 Å². The van der Waals surface area contributed by atoms with Crippen LogP contribution >= 0.6 is 0 Å². The molecule has 0 aliphatic carbocycles. The predicted octanol–water partition coefficient (Wildman–Crippen LogP) is -0.136. The van der Waals surface area contributed by atoms with Gasteiger partial charge >= 0.3 is 0 Å². The molecule has 0 radical (unpaired) electrons. The Morgan fingerprint density at radius 2 is 2.00 bits per heavy atom. The number of rotatable bonds is 4. The Labute approximate surface area is 78.5 Å². The van der Waals surface area contributed by atoms with Gasteiger partial charge in [0, 0.05) is 13.1 Å². The molecule has 1 rings (SSSR count). The molecule has 0 spiro atoms. The van der Waals surface area contributed by atoms with E-state index in [4.69, 9.17) is 9.84 Å². The van der Waals surface area contributed by atoms with Gasteiger partial charge in [-0.25, -0.2) is 0 Å². The average Bonchev–Trinajstić information content (AvgIpc) is 2.05. The predicted molar refractivity (Wildman–Crippen MR) is 48.3 cm³/mol. The number of amides is 1. The Morgan fingerprint density at radius 3 is 2.23 bits per heavy atom. The minimum absolute atomic E-state index is 0.0197. The van der Waals surface area contributed by atoms with Crippen LogP contribution in [-0.4, -0.2) is 48.8 Å². The summed E-state index contributed by atoms with van der Waals surface area (Å²) in [6, 6.07) is 0. The second kappa shape index (κ2) is 4.07. The second-order valence-corrected chi connectivity index (χ2v) is 3.41. The number of aliphatic hydroxyl groups is 1. The van der Waals surface area contributed by atoms with Crippen molar-refractivity contribution in [2.24, 2.45) is 5.41 Å². The van der Waals surface area contributed by atoms with Crippen molar-refractivity contribution < 1.29 is 14.6 Å². The number of carbonyl (C=O) groups is 1. The van der Waals surface area contributed by atoms with Crippen LogP contribution in [-0.2, 0) is 9.53 Å². The first kappa shape index (κ1) is 10.5. The lowest BCUT2D eigenvalue weighted by Crippen LogP contribution is -2.57. The van der Waals surface area contributed by atoms with Gasteiger partial charge in [0.15, 0.2) is 0 Å². The lowest BCUT2D eigenvalue weighted by molar-refractivity contribution is -0.180. The van der Waals surface area contributed by atoms with E-state index in [0.717, 1.165) is 0 Å². The fourth-order valence-electron chi connectivity index (χ4n) is 1.48. The highest BCUT2D eigenvalue weighted by atomic mass is 16.5. The Balaban J connectivity index is 2.63. The Bertz CT molecular complexity index is 180. The van der Waals surface area contributed by atoms with Crippen LogP contribution in [0.1, 0.15) is 13.8 Å². The summed E-state index contributed by atoms with van der Waals surface area (Å²) in [6.45, 7) is 5.87. The molecule has 1 N–H and O–H groups in total. The third-order valence-corrected chi connectivity index (χ3v) is 2.56. The molecule has 0 unspecified atom stereocenters. The van der Waals surface area contributed by atoms with Crippen LogP contribution in [0.15, 0.2) is 0 Å². The lowest BCUT2D eigenvalue weighted by Gasteiger charge is -2.41. The van der Waals surface area contributed by atoms with E-state index < -0.39 is 5.41 Å². The van der Waals surface area contributed by atoms with Gasteiger partial charge in [-0.15, -0.1) is 0 Å². The summed E-state index contributed by atoms with van der Waals surface area (Å²) in [5.74, 6) is 0.0197. The Morgan fingerprint density at radius 1 is 1.46 bits per heavy atom. The first-order chi connectivity index (χ1) is 6.20. The standard InChI is InChI=1S/C9H17NO3/c1-3-10(4-2)8(12)9(5-11)6-13-7-9/h11H,3-7H2,1-2H3. The molecule has 0 atom stereocenters. The minimum Gasteiger partial charge on any atom is -0.395 e. The van der Waals surface area contributed by atoms with Crippen molar-refractivity contribution in [2.75, 3.05) is 32.9 Å². The number of hydrogen-bond donors (Lipinski definition) is 1. The van der Waals surface area contributed by atoms with Crippen LogP contribution in [0.3, 0.4) is 0 Å². The van der Waals surface area contributed by atoms with Gasteiger partial charge in [0.2, 0.25) is 5.91 Å². The van der Waals surface area contributed by atoms with E-state index in [9.17, 15) is 4.79 Å². The highest BCUT2D eigenvalue weighted by molar-refractivity contribution is 5.84. The summed E-state index contributed by atoms with van der Waals surface area (Å²) in [4.78, 5) is 13.6. The van der Waals surface area contributed by atoms with E-state index in [2.05, 4.69) is 0 Å². The molecule has 1 amide bonds. The van der Waals surface area contributed by atoms with Crippen molar-refractivity contribution in [1.29, 1.82) is 0 Å². The first-order valence-electron chi connectivity index (χ1n) is 4.68. The van der Waals surface area contributed by atoms with Gasteiger partial charge in [0.1, 0.15) is 5.41 Å². The molecule has 1 fully saturated rings. The summed E-state index contributed by atoms with van der Waals surface area (Å²) < 4.78 is 4.98. The summed E-state index contributed by atoms with van der Waals surface area (Å²) in [6.07, 6.45) is 0. The normalized spacial score (nSPS) is 19.3. The van der Waals surface area contributed by atoms with E-state index >= 15 is 0 Å². The summed E-state index contributed by atoms with van der Waals surface area (Å²) in [5.41, 5.74) is -0.633. The second-order valence-electron chi connectivity index (χ2n) is 3.41. The molecule has 0 aromatic carbocycles. The number of nitrogens with zero attached hydrogens (tertiary/aromatic N) is 1. The van der Waals surface area contributed by atoms with Crippen LogP contribution in [0.4, 0.5) is 0 Å². The third-order valence-electron chi connectivity index (χ3n) is 2.56. The first-order valence-corrected chi connectivity index (χ1v) is 4.68. The highest BCUT2D eigenvalue weighted by Crippen LogP contribution is 2.29. The Hall–Kier alpha value is -0.610. The molecule has 13 heavy (non-hydrogen) atoms. The van der Waals surface area contributed by atoms with Crippen molar-refractivity contribution >= 4 is 5.91 Å². The fourth-order valence-corrected chi connectivity index (χ4v) is 1.48. The molecule has 0 aromatic heterocycles. The van der Waals surface area contributed by atoms with Gasteiger partial charge in [0.05, 0.1) is 19.8 Å². The highest BCUT2D eigenvalue weighted by Gasteiger charge is 2.47. The van der Waals surface area contributed by atoms with Crippen molar-refractivity contribution in [3.63, 3.8) is 0 Å². The monoisotopic (exact) mass is 187 g/mol. The zero-order valence-corrected chi connectivity index (χ0v) is 8.25. The fraction of sp³-hybridized carbons (Fsp3) is 0.889. The number of hydrogen-bond acceptors (Lipinski definition) is 3. The quantitative estimate of drug-likeness (QED) is 0.666. The molecule has 1 aliphatic heterocycles. The summed E-state index contributed by atoms with van der Waals surface area (Å²) >= 11 is 0.